The summed E-state index contributed by atoms with van der Waals surface area (Å²) in [7, 11) is -3.34. The number of benzene rings is 3. The molecule has 10 heteroatoms. The number of sulfonamides is 1. The molecule has 4 aromatic rings. The summed E-state index contributed by atoms with van der Waals surface area (Å²) in [6.07, 6.45) is 3.97. The van der Waals surface area contributed by atoms with E-state index in [9.17, 15) is 8.42 Å². The van der Waals surface area contributed by atoms with Crippen LogP contribution < -0.4 is 0 Å². The van der Waals surface area contributed by atoms with Crippen molar-refractivity contribution in [2.24, 2.45) is 0 Å². The minimum atomic E-state index is -3.34. The van der Waals surface area contributed by atoms with Gasteiger partial charge in [0.2, 0.25) is 10.0 Å². The molecule has 0 spiro atoms. The summed E-state index contributed by atoms with van der Waals surface area (Å²) in [5.74, 6) is 6.60. The fraction of sp³-hybridized carbons (Fsp3) is 0.395. The summed E-state index contributed by atoms with van der Waals surface area (Å²) in [6.45, 7) is 8.97. The molecular weight excluding hydrogens is 642 g/mol. The summed E-state index contributed by atoms with van der Waals surface area (Å²) < 4.78 is 34.2. The van der Waals surface area contributed by atoms with Gasteiger partial charge in [-0.05, 0) is 53.8 Å². The zero-order chi connectivity index (χ0) is 33.1. The highest BCUT2D eigenvalue weighted by molar-refractivity contribution is 7.88. The Morgan fingerprint density at radius 1 is 0.854 bits per heavy atom. The van der Waals surface area contributed by atoms with Gasteiger partial charge in [0.05, 0.1) is 30.2 Å². The highest BCUT2D eigenvalue weighted by Crippen LogP contribution is 2.33. The largest absolute Gasteiger partial charge is 0.379 e. The molecule has 0 amide bonds. The normalized spacial score (nSPS) is 17.4. The van der Waals surface area contributed by atoms with E-state index in [1.54, 1.807) is 4.31 Å². The van der Waals surface area contributed by atoms with Crippen molar-refractivity contribution in [2.45, 2.75) is 45.4 Å². The highest BCUT2D eigenvalue weighted by atomic mass is 35.5. The van der Waals surface area contributed by atoms with Crippen LogP contribution in [0.5, 0.6) is 0 Å². The summed E-state index contributed by atoms with van der Waals surface area (Å²) >= 11 is 6.66. The molecule has 1 fully saturated rings. The molecular formula is C38H42ClN5O3S. The van der Waals surface area contributed by atoms with E-state index in [0.717, 1.165) is 106 Å². The molecule has 0 saturated carbocycles. The number of rotatable bonds is 8. The lowest BCUT2D eigenvalue weighted by Gasteiger charge is -2.28. The van der Waals surface area contributed by atoms with Crippen molar-refractivity contribution in [3.05, 3.63) is 111 Å². The number of aryl methyl sites for hydroxylation is 1. The molecule has 0 bridgehead atoms. The van der Waals surface area contributed by atoms with Gasteiger partial charge < -0.3 is 4.74 Å². The molecule has 4 heterocycles. The summed E-state index contributed by atoms with van der Waals surface area (Å²) in [6, 6.07) is 23.0. The number of halogens is 1. The number of aromatic nitrogens is 2. The van der Waals surface area contributed by atoms with Crippen molar-refractivity contribution >= 4 is 21.6 Å². The van der Waals surface area contributed by atoms with Crippen LogP contribution in [0.1, 0.15) is 45.5 Å². The van der Waals surface area contributed by atoms with Gasteiger partial charge in [0.25, 0.3) is 0 Å². The lowest BCUT2D eigenvalue weighted by molar-refractivity contribution is 0.0368. The van der Waals surface area contributed by atoms with Crippen molar-refractivity contribution < 1.29 is 13.2 Å². The molecule has 1 aromatic heterocycles. The maximum absolute atomic E-state index is 12.5. The Morgan fingerprint density at radius 3 is 2.44 bits per heavy atom. The Hall–Kier alpha value is -3.49. The smallest absolute Gasteiger partial charge is 0.211 e. The summed E-state index contributed by atoms with van der Waals surface area (Å²) in [4.78, 5) is 4.92. The molecule has 0 unspecified atom stereocenters. The van der Waals surface area contributed by atoms with E-state index in [-0.39, 0.29) is 0 Å². The molecule has 0 N–H and O–H groups in total. The Labute approximate surface area is 289 Å². The second kappa shape index (κ2) is 14.6. The topological polar surface area (TPSA) is 70.9 Å². The molecule has 3 aliphatic heterocycles. The van der Waals surface area contributed by atoms with Crippen LogP contribution in [0, 0.1) is 11.8 Å². The number of ether oxygens (including phenoxy) is 1. The molecule has 0 atom stereocenters. The Kier molecular flexibility index (Phi) is 10.0. The van der Waals surface area contributed by atoms with E-state index in [2.05, 4.69) is 74.9 Å². The number of hydrogen-bond donors (Lipinski definition) is 0. The maximum atomic E-state index is 12.5. The van der Waals surface area contributed by atoms with Crippen molar-refractivity contribution in [1.82, 2.24) is 23.9 Å². The zero-order valence-electron chi connectivity index (χ0n) is 27.5. The van der Waals surface area contributed by atoms with Crippen molar-refractivity contribution in [3.8, 4) is 23.1 Å². The fourth-order valence-electron chi connectivity index (χ4n) is 6.98. The van der Waals surface area contributed by atoms with E-state index in [4.69, 9.17) is 21.4 Å². The highest BCUT2D eigenvalue weighted by Gasteiger charge is 2.30. The average Bonchev–Trinajstić information content (AvgIpc) is 3.46. The number of morpholine rings is 1. The first-order valence-electron chi connectivity index (χ1n) is 16.8. The first-order valence-corrected chi connectivity index (χ1v) is 19.1. The average molecular weight is 684 g/mol. The van der Waals surface area contributed by atoms with Crippen molar-refractivity contribution in [1.29, 1.82) is 0 Å². The van der Waals surface area contributed by atoms with Crippen LogP contribution in [0.2, 0.25) is 5.02 Å². The van der Waals surface area contributed by atoms with Crippen LogP contribution in [0.25, 0.3) is 11.3 Å². The predicted molar refractivity (Wildman–Crippen MR) is 190 cm³/mol. The van der Waals surface area contributed by atoms with Gasteiger partial charge in [-0.1, -0.05) is 65.9 Å². The fourth-order valence-corrected chi connectivity index (χ4v) is 7.93. The monoisotopic (exact) mass is 683 g/mol. The molecule has 0 aliphatic carbocycles. The predicted octanol–water partition coefficient (Wildman–Crippen LogP) is 5.20. The number of hydrogen-bond acceptors (Lipinski definition) is 6. The van der Waals surface area contributed by atoms with Gasteiger partial charge in [-0.25, -0.2) is 8.42 Å². The van der Waals surface area contributed by atoms with Gasteiger partial charge in [0, 0.05) is 93.3 Å². The quantitative estimate of drug-likeness (QED) is 0.238. The molecule has 250 valence electrons. The first kappa shape index (κ1) is 33.0. The van der Waals surface area contributed by atoms with Gasteiger partial charge >= 0.3 is 0 Å². The molecule has 3 aliphatic rings. The molecule has 1 saturated heterocycles. The standard InChI is InChI=1S/C38H42ClN5O3S/c1-48(45,46)43-20-16-37-35(28-43)38(40-44(37)18-4-17-41-21-23-47-24-22-41)33-13-14-36(39)32(25-33)12-11-29-7-9-30(10-8-29)26-42-19-15-31-5-2-3-6-34(31)27-42/h2-3,5-10,13-14,25H,4,15-24,26-28H2,1H3. The first-order chi connectivity index (χ1) is 23.3. The van der Waals surface area contributed by atoms with Crippen molar-refractivity contribution in [3.63, 3.8) is 0 Å². The third-order valence-electron chi connectivity index (χ3n) is 9.67. The summed E-state index contributed by atoms with van der Waals surface area (Å²) in [5, 5.41) is 5.65. The van der Waals surface area contributed by atoms with Crippen LogP contribution >= 0.6 is 11.6 Å². The Morgan fingerprint density at radius 2 is 1.65 bits per heavy atom. The molecule has 3 aromatic carbocycles. The van der Waals surface area contributed by atoms with Crippen LogP contribution in [0.3, 0.4) is 0 Å². The Bertz CT molecular complexity index is 1940. The van der Waals surface area contributed by atoms with Crippen LogP contribution in [0.15, 0.2) is 66.7 Å². The lowest BCUT2D eigenvalue weighted by atomic mass is 9.99. The lowest BCUT2D eigenvalue weighted by Crippen LogP contribution is -2.37. The number of nitrogens with zero attached hydrogens (tertiary/aromatic N) is 5. The van der Waals surface area contributed by atoms with E-state index >= 15 is 0 Å². The Balaban J connectivity index is 1.08. The molecule has 8 nitrogen and oxygen atoms in total. The summed E-state index contributed by atoms with van der Waals surface area (Å²) in [5.41, 5.74) is 9.57. The van der Waals surface area contributed by atoms with Gasteiger partial charge in [0.1, 0.15) is 0 Å². The van der Waals surface area contributed by atoms with E-state index in [0.29, 0.717) is 24.5 Å². The van der Waals surface area contributed by atoms with E-state index in [1.807, 2.05) is 18.2 Å². The minimum Gasteiger partial charge on any atom is -0.379 e. The van der Waals surface area contributed by atoms with Gasteiger partial charge in [-0.3, -0.25) is 14.5 Å². The molecule has 48 heavy (non-hydrogen) atoms. The van der Waals surface area contributed by atoms with Gasteiger partial charge in [-0.2, -0.15) is 9.40 Å². The third kappa shape index (κ3) is 7.70. The minimum absolute atomic E-state index is 0.312. The van der Waals surface area contributed by atoms with Crippen LogP contribution in [0.4, 0.5) is 0 Å². The maximum Gasteiger partial charge on any atom is 0.211 e. The third-order valence-corrected chi connectivity index (χ3v) is 11.2. The van der Waals surface area contributed by atoms with Crippen LogP contribution in [-0.4, -0.2) is 84.5 Å². The van der Waals surface area contributed by atoms with Crippen LogP contribution in [-0.2, 0) is 53.8 Å². The second-order valence-electron chi connectivity index (χ2n) is 13.0. The molecule has 7 rings (SSSR count). The zero-order valence-corrected chi connectivity index (χ0v) is 29.1. The second-order valence-corrected chi connectivity index (χ2v) is 15.4. The SMILES string of the molecule is CS(=O)(=O)N1CCc2c(c(-c3ccc(Cl)c(C#Cc4ccc(CN5CCc6ccccc6C5)cc4)c3)nn2CCCN2CCOCC2)C1. The van der Waals surface area contributed by atoms with Gasteiger partial charge in [-0.15, -0.1) is 0 Å². The van der Waals surface area contributed by atoms with E-state index in [1.165, 1.54) is 22.9 Å². The van der Waals surface area contributed by atoms with Crippen molar-refractivity contribution in [2.75, 3.05) is 52.2 Å². The number of fused-ring (bicyclic) bond motifs is 2. The van der Waals surface area contributed by atoms with Gasteiger partial charge in [0.15, 0.2) is 0 Å². The van der Waals surface area contributed by atoms with E-state index < -0.39 is 10.0 Å². The molecule has 0 radical (unpaired) electrons.